The van der Waals surface area contributed by atoms with E-state index in [1.807, 2.05) is 11.8 Å². The second-order valence-electron chi connectivity index (χ2n) is 8.16. The topological polar surface area (TPSA) is 130 Å². The zero-order valence-corrected chi connectivity index (χ0v) is 21.3. The molecular weight excluding hydrogens is 458 g/mol. The van der Waals surface area contributed by atoms with Crippen molar-refractivity contribution < 1.29 is 44.1 Å². The molecule has 0 aromatic rings. The number of rotatable bonds is 26. The summed E-state index contributed by atoms with van der Waals surface area (Å²) in [7, 11) is 0. The van der Waals surface area contributed by atoms with Crippen LogP contribution in [0.15, 0.2) is 37.8 Å². The molecule has 0 spiro atoms. The SMILES string of the molecule is C=CCCC(O)COCC(CC)(COCCCN(CCO)CCO)C(O)/C=C/OCOCOC=C. The van der Waals surface area contributed by atoms with Gasteiger partial charge in [-0.25, -0.2) is 0 Å². The van der Waals surface area contributed by atoms with Gasteiger partial charge in [-0.15, -0.1) is 6.58 Å². The summed E-state index contributed by atoms with van der Waals surface area (Å²) in [5, 5.41) is 39.3. The van der Waals surface area contributed by atoms with E-state index in [0.717, 1.165) is 0 Å². The summed E-state index contributed by atoms with van der Waals surface area (Å²) in [4.78, 5) is 1.96. The molecule has 0 radical (unpaired) electrons. The molecule has 35 heavy (non-hydrogen) atoms. The van der Waals surface area contributed by atoms with Gasteiger partial charge < -0.3 is 44.1 Å². The van der Waals surface area contributed by atoms with E-state index < -0.39 is 17.6 Å². The van der Waals surface area contributed by atoms with Crippen LogP contribution in [-0.2, 0) is 23.7 Å². The molecule has 206 valence electrons. The van der Waals surface area contributed by atoms with Crippen molar-refractivity contribution in [2.24, 2.45) is 5.41 Å². The van der Waals surface area contributed by atoms with Gasteiger partial charge in [-0.1, -0.05) is 19.6 Å². The molecule has 0 aromatic heterocycles. The molecule has 0 saturated heterocycles. The summed E-state index contributed by atoms with van der Waals surface area (Å²) >= 11 is 0. The normalized spacial score (nSPS) is 15.1. The van der Waals surface area contributed by atoms with Crippen molar-refractivity contribution in [2.45, 2.75) is 44.8 Å². The van der Waals surface area contributed by atoms with Crippen molar-refractivity contribution in [1.29, 1.82) is 0 Å². The quantitative estimate of drug-likeness (QED) is 0.0592. The third-order valence-electron chi connectivity index (χ3n) is 5.50. The summed E-state index contributed by atoms with van der Waals surface area (Å²) in [6.07, 6.45) is 6.88. The molecule has 0 aliphatic carbocycles. The molecule has 0 saturated carbocycles. The van der Waals surface area contributed by atoms with Gasteiger partial charge in [-0.2, -0.15) is 0 Å². The van der Waals surface area contributed by atoms with E-state index >= 15 is 0 Å². The molecule has 0 bridgehead atoms. The van der Waals surface area contributed by atoms with Gasteiger partial charge in [0.25, 0.3) is 0 Å². The fourth-order valence-corrected chi connectivity index (χ4v) is 3.25. The minimum Gasteiger partial charge on any atom is -0.476 e. The average molecular weight is 506 g/mol. The first-order chi connectivity index (χ1) is 17.0. The van der Waals surface area contributed by atoms with Crippen molar-refractivity contribution in [3.8, 4) is 0 Å². The lowest BCUT2D eigenvalue weighted by Gasteiger charge is -2.35. The molecule has 10 nitrogen and oxygen atoms in total. The van der Waals surface area contributed by atoms with Gasteiger partial charge in [0, 0.05) is 31.7 Å². The summed E-state index contributed by atoms with van der Waals surface area (Å²) < 4.78 is 26.8. The maximum Gasteiger partial charge on any atom is 0.191 e. The van der Waals surface area contributed by atoms with E-state index in [0.29, 0.717) is 51.9 Å². The molecule has 0 aliphatic rings. The number of nitrogens with zero attached hydrogens (tertiary/aromatic N) is 1. The third kappa shape index (κ3) is 16.7. The fourth-order valence-electron chi connectivity index (χ4n) is 3.25. The van der Waals surface area contributed by atoms with Gasteiger partial charge in [0.1, 0.15) is 0 Å². The van der Waals surface area contributed by atoms with Gasteiger partial charge in [-0.3, -0.25) is 4.90 Å². The Morgan fingerprint density at radius 3 is 2.26 bits per heavy atom. The van der Waals surface area contributed by atoms with Crippen LogP contribution in [0.4, 0.5) is 0 Å². The summed E-state index contributed by atoms with van der Waals surface area (Å²) in [6, 6.07) is 0. The van der Waals surface area contributed by atoms with E-state index in [4.69, 9.17) is 33.9 Å². The van der Waals surface area contributed by atoms with Gasteiger partial charge in [0.15, 0.2) is 13.6 Å². The first-order valence-electron chi connectivity index (χ1n) is 12.1. The summed E-state index contributed by atoms with van der Waals surface area (Å²) in [5.41, 5.74) is -0.749. The average Bonchev–Trinajstić information content (AvgIpc) is 2.85. The molecule has 3 unspecified atom stereocenters. The molecular formula is C25H47NO9. The van der Waals surface area contributed by atoms with E-state index in [9.17, 15) is 10.2 Å². The first-order valence-corrected chi connectivity index (χ1v) is 12.1. The van der Waals surface area contributed by atoms with Crippen LogP contribution in [0.1, 0.15) is 32.6 Å². The molecule has 0 aliphatic heterocycles. The Morgan fingerprint density at radius 2 is 1.63 bits per heavy atom. The van der Waals surface area contributed by atoms with Gasteiger partial charge in [-0.05, 0) is 31.8 Å². The maximum absolute atomic E-state index is 10.9. The van der Waals surface area contributed by atoms with Crippen molar-refractivity contribution in [1.82, 2.24) is 4.90 Å². The van der Waals surface area contributed by atoms with E-state index in [-0.39, 0.29) is 46.6 Å². The number of aliphatic hydroxyl groups is 4. The van der Waals surface area contributed by atoms with Crippen molar-refractivity contribution >= 4 is 0 Å². The predicted molar refractivity (Wildman–Crippen MR) is 133 cm³/mol. The highest BCUT2D eigenvalue weighted by molar-refractivity contribution is 4.97. The molecule has 10 heteroatoms. The number of hydrogen-bond donors (Lipinski definition) is 4. The van der Waals surface area contributed by atoms with Crippen molar-refractivity contribution in [3.05, 3.63) is 37.8 Å². The summed E-state index contributed by atoms with van der Waals surface area (Å²) in [5.74, 6) is 0. The Bertz CT molecular complexity index is 529. The molecule has 4 N–H and O–H groups in total. The zero-order chi connectivity index (χ0) is 26.2. The van der Waals surface area contributed by atoms with Gasteiger partial charge in [0.2, 0.25) is 0 Å². The Morgan fingerprint density at radius 1 is 0.943 bits per heavy atom. The van der Waals surface area contributed by atoms with Crippen LogP contribution in [0.5, 0.6) is 0 Å². The molecule has 3 atom stereocenters. The minimum atomic E-state index is -0.928. The smallest absolute Gasteiger partial charge is 0.191 e. The van der Waals surface area contributed by atoms with Gasteiger partial charge >= 0.3 is 0 Å². The minimum absolute atomic E-state index is 0.0166. The Labute approximate surface area is 210 Å². The molecule has 0 fully saturated rings. The highest BCUT2D eigenvalue weighted by Crippen LogP contribution is 2.29. The predicted octanol–water partition coefficient (Wildman–Crippen LogP) is 1.40. The molecule has 0 aromatic carbocycles. The Hall–Kier alpha value is -1.50. The lowest BCUT2D eigenvalue weighted by molar-refractivity contribution is -0.0951. The second kappa shape index (κ2) is 22.9. The van der Waals surface area contributed by atoms with Crippen molar-refractivity contribution in [3.63, 3.8) is 0 Å². The van der Waals surface area contributed by atoms with Gasteiger partial charge in [0.05, 0.1) is 57.8 Å². The van der Waals surface area contributed by atoms with Crippen LogP contribution >= 0.6 is 0 Å². The molecule has 0 rings (SSSR count). The van der Waals surface area contributed by atoms with E-state index in [1.165, 1.54) is 18.6 Å². The third-order valence-corrected chi connectivity index (χ3v) is 5.50. The van der Waals surface area contributed by atoms with Crippen LogP contribution in [0.25, 0.3) is 0 Å². The number of aliphatic hydroxyl groups excluding tert-OH is 4. The highest BCUT2D eigenvalue weighted by Gasteiger charge is 2.36. The number of hydrogen-bond acceptors (Lipinski definition) is 10. The largest absolute Gasteiger partial charge is 0.476 e. The molecule has 0 heterocycles. The Kier molecular flexibility index (Phi) is 21.9. The zero-order valence-electron chi connectivity index (χ0n) is 21.3. The lowest BCUT2D eigenvalue weighted by atomic mass is 9.80. The van der Waals surface area contributed by atoms with Crippen LogP contribution < -0.4 is 0 Å². The standard InChI is InChI=1S/C25H47NO9/c1-4-7-9-23(29)18-34-20-25(5-2,24(30)10-17-33-22-35-21-31-6-3)19-32-16-8-11-26(12-14-27)13-15-28/h4,6,10,17,23-24,27-30H,1,3,5,7-9,11-16,18-22H2,2H3/b17-10+. The highest BCUT2D eigenvalue weighted by atomic mass is 16.7. The fraction of sp³-hybridized carbons (Fsp3) is 0.760. The second-order valence-corrected chi connectivity index (χ2v) is 8.16. The molecule has 0 amide bonds. The number of ether oxygens (including phenoxy) is 5. The maximum atomic E-state index is 10.9. The summed E-state index contributed by atoms with van der Waals surface area (Å²) in [6.45, 7) is 11.7. The van der Waals surface area contributed by atoms with Crippen LogP contribution in [0.3, 0.4) is 0 Å². The van der Waals surface area contributed by atoms with Crippen molar-refractivity contribution in [2.75, 3.05) is 72.9 Å². The van der Waals surface area contributed by atoms with E-state index in [1.54, 1.807) is 6.08 Å². The monoisotopic (exact) mass is 505 g/mol. The Balaban J connectivity index is 4.87. The van der Waals surface area contributed by atoms with Crippen LogP contribution in [0.2, 0.25) is 0 Å². The number of allylic oxidation sites excluding steroid dienone is 1. The first kappa shape index (κ1) is 33.5. The van der Waals surface area contributed by atoms with Crippen LogP contribution in [-0.4, -0.2) is 110 Å². The van der Waals surface area contributed by atoms with E-state index in [2.05, 4.69) is 13.2 Å². The lowest BCUT2D eigenvalue weighted by Crippen LogP contribution is -2.43. The van der Waals surface area contributed by atoms with Crippen LogP contribution in [0, 0.1) is 5.41 Å².